The van der Waals surface area contributed by atoms with Gasteiger partial charge in [-0.1, -0.05) is 18.2 Å². The highest BCUT2D eigenvalue weighted by molar-refractivity contribution is 5.92. The molecule has 1 N–H and O–H groups in total. The number of aromatic nitrogens is 2. The third-order valence-electron chi connectivity index (χ3n) is 4.88. The van der Waals surface area contributed by atoms with Crippen molar-refractivity contribution in [2.75, 3.05) is 13.1 Å². The van der Waals surface area contributed by atoms with Gasteiger partial charge in [0.1, 0.15) is 5.69 Å². The summed E-state index contributed by atoms with van der Waals surface area (Å²) in [7, 11) is 0. The number of piperidine rings is 1. The summed E-state index contributed by atoms with van der Waals surface area (Å²) in [5.41, 5.74) is 0.455. The molecule has 0 spiro atoms. The fourth-order valence-corrected chi connectivity index (χ4v) is 3.33. The van der Waals surface area contributed by atoms with E-state index in [9.17, 15) is 14.4 Å². The Morgan fingerprint density at radius 3 is 2.45 bits per heavy atom. The summed E-state index contributed by atoms with van der Waals surface area (Å²) >= 11 is 0. The van der Waals surface area contributed by atoms with E-state index in [1.807, 2.05) is 6.07 Å². The Balaban J connectivity index is 1.39. The summed E-state index contributed by atoms with van der Waals surface area (Å²) < 4.78 is 6.37. The van der Waals surface area contributed by atoms with E-state index in [2.05, 4.69) is 10.4 Å². The molecule has 0 unspecified atom stereocenters. The van der Waals surface area contributed by atoms with Crippen LogP contribution < -0.4 is 10.9 Å². The van der Waals surface area contributed by atoms with Gasteiger partial charge in [0.25, 0.3) is 17.4 Å². The maximum Gasteiger partial charge on any atom is 0.289 e. The molecule has 8 heteroatoms. The van der Waals surface area contributed by atoms with Crippen molar-refractivity contribution in [2.24, 2.45) is 0 Å². The highest BCUT2D eigenvalue weighted by Crippen LogP contribution is 2.15. The third-order valence-corrected chi connectivity index (χ3v) is 4.88. The Morgan fingerprint density at radius 2 is 1.76 bits per heavy atom. The Hall–Kier alpha value is -3.68. The lowest BCUT2D eigenvalue weighted by Gasteiger charge is -2.31. The lowest BCUT2D eigenvalue weighted by Crippen LogP contribution is -2.46. The van der Waals surface area contributed by atoms with Crippen molar-refractivity contribution in [3.63, 3.8) is 0 Å². The molecule has 1 aromatic carbocycles. The smallest absolute Gasteiger partial charge is 0.289 e. The lowest BCUT2D eigenvalue weighted by molar-refractivity contribution is 0.0667. The molecule has 1 fully saturated rings. The molecular formula is C21H20N4O4. The predicted molar refractivity (Wildman–Crippen MR) is 105 cm³/mol. The van der Waals surface area contributed by atoms with Crippen molar-refractivity contribution in [3.8, 4) is 5.69 Å². The van der Waals surface area contributed by atoms with Crippen LogP contribution in [0.25, 0.3) is 5.69 Å². The molecule has 2 aromatic heterocycles. The molecule has 3 aromatic rings. The van der Waals surface area contributed by atoms with Crippen LogP contribution >= 0.6 is 0 Å². The van der Waals surface area contributed by atoms with Crippen LogP contribution in [0.15, 0.2) is 70.1 Å². The van der Waals surface area contributed by atoms with Crippen molar-refractivity contribution in [3.05, 3.63) is 82.7 Å². The van der Waals surface area contributed by atoms with Gasteiger partial charge in [0.05, 0.1) is 12.0 Å². The number of furan rings is 1. The monoisotopic (exact) mass is 392 g/mol. The number of nitrogens with one attached hydrogen (secondary N) is 1. The van der Waals surface area contributed by atoms with Crippen molar-refractivity contribution in [2.45, 2.75) is 18.9 Å². The Bertz CT molecular complexity index is 1050. The van der Waals surface area contributed by atoms with E-state index in [-0.39, 0.29) is 29.1 Å². The third kappa shape index (κ3) is 4.11. The zero-order chi connectivity index (χ0) is 20.2. The fraction of sp³-hybridized carbons (Fsp3) is 0.238. The maximum atomic E-state index is 12.6. The van der Waals surface area contributed by atoms with Gasteiger partial charge in [0.15, 0.2) is 5.76 Å². The van der Waals surface area contributed by atoms with Crippen LogP contribution in [-0.2, 0) is 0 Å². The molecule has 0 bridgehead atoms. The minimum atomic E-state index is -0.342. The summed E-state index contributed by atoms with van der Waals surface area (Å²) in [6.45, 7) is 1.06. The molecule has 1 aliphatic rings. The number of benzene rings is 1. The second-order valence-electron chi connectivity index (χ2n) is 6.82. The maximum absolute atomic E-state index is 12.6. The molecule has 148 valence electrons. The molecule has 2 amide bonds. The molecule has 0 saturated carbocycles. The lowest BCUT2D eigenvalue weighted by atomic mass is 10.0. The molecule has 0 atom stereocenters. The SMILES string of the molecule is O=C(NC1CCN(C(=O)c2ccco2)CC1)c1ccc(=O)n(-c2ccccc2)n1. The van der Waals surface area contributed by atoms with E-state index < -0.39 is 0 Å². The largest absolute Gasteiger partial charge is 0.459 e. The zero-order valence-corrected chi connectivity index (χ0v) is 15.7. The molecular weight excluding hydrogens is 372 g/mol. The van der Waals surface area contributed by atoms with Crippen LogP contribution in [0, 0.1) is 0 Å². The number of hydrogen-bond acceptors (Lipinski definition) is 5. The highest BCUT2D eigenvalue weighted by Gasteiger charge is 2.26. The van der Waals surface area contributed by atoms with E-state index in [4.69, 9.17) is 4.42 Å². The second kappa shape index (κ2) is 8.14. The number of hydrogen-bond donors (Lipinski definition) is 1. The summed E-state index contributed by atoms with van der Waals surface area (Å²) in [6, 6.07) is 15.0. The second-order valence-corrected chi connectivity index (χ2v) is 6.82. The minimum Gasteiger partial charge on any atom is -0.459 e. The zero-order valence-electron chi connectivity index (χ0n) is 15.7. The van der Waals surface area contributed by atoms with Crippen LogP contribution in [0.5, 0.6) is 0 Å². The summed E-state index contributed by atoms with van der Waals surface area (Å²) in [5.74, 6) is -0.165. The fourth-order valence-electron chi connectivity index (χ4n) is 3.33. The summed E-state index contributed by atoms with van der Waals surface area (Å²) in [5, 5.41) is 7.15. The Kier molecular flexibility index (Phi) is 5.24. The van der Waals surface area contributed by atoms with Gasteiger partial charge in [-0.3, -0.25) is 14.4 Å². The Morgan fingerprint density at radius 1 is 1.00 bits per heavy atom. The number of rotatable bonds is 4. The molecule has 1 aliphatic heterocycles. The first kappa shape index (κ1) is 18.7. The summed E-state index contributed by atoms with van der Waals surface area (Å²) in [6.07, 6.45) is 2.75. The van der Waals surface area contributed by atoms with Crippen LogP contribution in [0.2, 0.25) is 0 Å². The van der Waals surface area contributed by atoms with E-state index in [1.165, 1.54) is 23.1 Å². The van der Waals surface area contributed by atoms with E-state index in [1.54, 1.807) is 41.3 Å². The van der Waals surface area contributed by atoms with Crippen LogP contribution in [-0.4, -0.2) is 45.6 Å². The van der Waals surface area contributed by atoms with Gasteiger partial charge < -0.3 is 14.6 Å². The van der Waals surface area contributed by atoms with E-state index >= 15 is 0 Å². The minimum absolute atomic E-state index is 0.0675. The molecule has 1 saturated heterocycles. The average molecular weight is 392 g/mol. The van der Waals surface area contributed by atoms with Crippen molar-refractivity contribution in [1.82, 2.24) is 20.0 Å². The number of carbonyl (C=O) groups excluding carboxylic acids is 2. The van der Waals surface area contributed by atoms with Gasteiger partial charge >= 0.3 is 0 Å². The first-order valence-corrected chi connectivity index (χ1v) is 9.41. The summed E-state index contributed by atoms with van der Waals surface area (Å²) in [4.78, 5) is 38.8. The number of para-hydroxylation sites is 1. The van der Waals surface area contributed by atoms with Crippen molar-refractivity contribution in [1.29, 1.82) is 0 Å². The molecule has 29 heavy (non-hydrogen) atoms. The van der Waals surface area contributed by atoms with Gasteiger partial charge in [-0.05, 0) is 43.2 Å². The first-order valence-electron chi connectivity index (χ1n) is 9.41. The van der Waals surface area contributed by atoms with Gasteiger partial charge in [0.2, 0.25) is 0 Å². The van der Waals surface area contributed by atoms with E-state index in [0.717, 1.165) is 0 Å². The number of likely N-dealkylation sites (tertiary alicyclic amines) is 1. The van der Waals surface area contributed by atoms with Gasteiger partial charge in [-0.15, -0.1) is 0 Å². The molecule has 0 aliphatic carbocycles. The number of nitrogens with zero attached hydrogens (tertiary/aromatic N) is 3. The quantitative estimate of drug-likeness (QED) is 0.731. The molecule has 0 radical (unpaired) electrons. The van der Waals surface area contributed by atoms with Crippen LogP contribution in [0.1, 0.15) is 33.9 Å². The highest BCUT2D eigenvalue weighted by atomic mass is 16.3. The Labute approximate surface area is 166 Å². The topological polar surface area (TPSA) is 97.4 Å². The normalized spacial score (nSPS) is 14.6. The van der Waals surface area contributed by atoms with Crippen molar-refractivity contribution < 1.29 is 14.0 Å². The van der Waals surface area contributed by atoms with Gasteiger partial charge in [-0.2, -0.15) is 9.78 Å². The van der Waals surface area contributed by atoms with Crippen molar-refractivity contribution >= 4 is 11.8 Å². The van der Waals surface area contributed by atoms with Crippen LogP contribution in [0.4, 0.5) is 0 Å². The predicted octanol–water partition coefficient (Wildman–Crippen LogP) is 1.86. The van der Waals surface area contributed by atoms with Crippen LogP contribution in [0.3, 0.4) is 0 Å². The number of amides is 2. The first-order chi connectivity index (χ1) is 14.1. The van der Waals surface area contributed by atoms with Gasteiger partial charge in [0, 0.05) is 25.2 Å². The van der Waals surface area contributed by atoms with Gasteiger partial charge in [-0.25, -0.2) is 0 Å². The standard InChI is InChI=1S/C21H20N4O4/c26-19-9-8-17(23-25(19)16-5-2-1-3-6-16)20(27)22-15-10-12-24(13-11-15)21(28)18-7-4-14-29-18/h1-9,14-15H,10-13H2,(H,22,27). The average Bonchev–Trinajstić information content (AvgIpc) is 3.29. The molecule has 3 heterocycles. The van der Waals surface area contributed by atoms with E-state index in [0.29, 0.717) is 37.4 Å². The number of carbonyl (C=O) groups is 2. The molecule has 4 rings (SSSR count). The molecule has 8 nitrogen and oxygen atoms in total.